The number of hydrogen-bond donors (Lipinski definition) is 6. The molecule has 13 heavy (non-hydrogen) atoms. The van der Waals surface area contributed by atoms with Crippen molar-refractivity contribution in [1.29, 1.82) is 0 Å². The van der Waals surface area contributed by atoms with Gasteiger partial charge >= 0.3 is 0 Å². The molecule has 1 heterocycles. The lowest BCUT2D eigenvalue weighted by Gasteiger charge is -2.28. The van der Waals surface area contributed by atoms with Crippen molar-refractivity contribution in [2.45, 2.75) is 24.0 Å². The van der Waals surface area contributed by atoms with Gasteiger partial charge in [0.15, 0.2) is 5.72 Å². The van der Waals surface area contributed by atoms with Gasteiger partial charge in [-0.25, -0.2) is 5.43 Å². The van der Waals surface area contributed by atoms with Gasteiger partial charge in [-0.3, -0.25) is 5.84 Å². The van der Waals surface area contributed by atoms with Crippen LogP contribution in [0.25, 0.3) is 0 Å². The van der Waals surface area contributed by atoms with E-state index in [0.717, 1.165) is 0 Å². The van der Waals surface area contributed by atoms with Crippen molar-refractivity contribution >= 4 is 0 Å². The lowest BCUT2D eigenvalue weighted by molar-refractivity contribution is -0.138. The quantitative estimate of drug-likeness (QED) is 0.201. The fourth-order valence-corrected chi connectivity index (χ4v) is 1.33. The average molecular weight is 194 g/mol. The topological polar surface area (TPSA) is 128 Å². The van der Waals surface area contributed by atoms with Crippen molar-refractivity contribution in [3.8, 4) is 0 Å². The van der Waals surface area contributed by atoms with E-state index in [1.807, 2.05) is 0 Å². The van der Waals surface area contributed by atoms with Crippen LogP contribution in [0.3, 0.4) is 0 Å². The summed E-state index contributed by atoms with van der Waals surface area (Å²) in [5.41, 5.74) is 0.488. The predicted molar refractivity (Wildman–Crippen MR) is 41.1 cm³/mol. The highest BCUT2D eigenvalue weighted by atomic mass is 16.6. The van der Waals surface area contributed by atoms with Crippen molar-refractivity contribution in [2.24, 2.45) is 5.84 Å². The molecule has 0 aliphatic carbocycles. The van der Waals surface area contributed by atoms with Gasteiger partial charge in [0.25, 0.3) is 0 Å². The number of rotatable bonds is 3. The van der Waals surface area contributed by atoms with Crippen LogP contribution in [0.2, 0.25) is 0 Å². The first-order valence-electron chi connectivity index (χ1n) is 3.84. The number of nitrogens with two attached hydrogens (primary N) is 1. The molecule has 78 valence electrons. The summed E-state index contributed by atoms with van der Waals surface area (Å²) >= 11 is 0. The van der Waals surface area contributed by atoms with Crippen LogP contribution in [0, 0.1) is 0 Å². The van der Waals surface area contributed by atoms with E-state index in [-0.39, 0.29) is 0 Å². The molecule has 1 fully saturated rings. The number of ether oxygens (including phenoxy) is 1. The molecule has 0 aromatic heterocycles. The monoisotopic (exact) mass is 194 g/mol. The van der Waals surface area contributed by atoms with E-state index in [9.17, 15) is 10.2 Å². The summed E-state index contributed by atoms with van der Waals surface area (Å²) in [6.07, 6.45) is -3.59. The molecule has 0 radical (unpaired) electrons. The summed E-state index contributed by atoms with van der Waals surface area (Å²) < 4.78 is 4.98. The Bertz CT molecular complexity index is 174. The van der Waals surface area contributed by atoms with Gasteiger partial charge < -0.3 is 25.2 Å². The SMILES string of the molecule is NNC1(CO)O[C@H](CO)[C@H](O)[C@@H]1O. The fourth-order valence-electron chi connectivity index (χ4n) is 1.33. The lowest BCUT2D eigenvalue weighted by atomic mass is 10.0. The van der Waals surface area contributed by atoms with Gasteiger partial charge in [0.05, 0.1) is 13.2 Å². The highest BCUT2D eigenvalue weighted by Crippen LogP contribution is 2.27. The normalized spacial score (nSPS) is 45.5. The van der Waals surface area contributed by atoms with Crippen molar-refractivity contribution in [2.75, 3.05) is 13.2 Å². The van der Waals surface area contributed by atoms with Crippen LogP contribution in [0.5, 0.6) is 0 Å². The summed E-state index contributed by atoms with van der Waals surface area (Å²) in [7, 11) is 0. The summed E-state index contributed by atoms with van der Waals surface area (Å²) in [5.74, 6) is 5.06. The molecular formula is C6H14N2O5. The van der Waals surface area contributed by atoms with Crippen molar-refractivity contribution in [3.05, 3.63) is 0 Å². The first-order valence-corrected chi connectivity index (χ1v) is 3.84. The van der Waals surface area contributed by atoms with E-state index >= 15 is 0 Å². The van der Waals surface area contributed by atoms with Gasteiger partial charge in [-0.1, -0.05) is 0 Å². The third-order valence-corrected chi connectivity index (χ3v) is 2.20. The third kappa shape index (κ3) is 1.55. The molecule has 0 aromatic carbocycles. The van der Waals surface area contributed by atoms with Crippen LogP contribution < -0.4 is 11.3 Å². The largest absolute Gasteiger partial charge is 0.394 e. The van der Waals surface area contributed by atoms with Crippen molar-refractivity contribution < 1.29 is 25.2 Å². The molecule has 0 aromatic rings. The van der Waals surface area contributed by atoms with E-state index < -0.39 is 37.3 Å². The Kier molecular flexibility index (Phi) is 3.19. The van der Waals surface area contributed by atoms with Crippen LogP contribution in [-0.4, -0.2) is 57.7 Å². The van der Waals surface area contributed by atoms with E-state index in [0.29, 0.717) is 0 Å². The van der Waals surface area contributed by atoms with Crippen LogP contribution in [-0.2, 0) is 4.74 Å². The smallest absolute Gasteiger partial charge is 0.183 e. The molecule has 1 aliphatic heterocycles. The minimum atomic E-state index is -1.59. The van der Waals surface area contributed by atoms with Gasteiger partial charge in [-0.05, 0) is 0 Å². The predicted octanol–water partition coefficient (Wildman–Crippen LogP) is -3.75. The Labute approximate surface area is 74.7 Å². The molecule has 7 heteroatoms. The van der Waals surface area contributed by atoms with Crippen LogP contribution in [0.15, 0.2) is 0 Å². The number of nitrogens with one attached hydrogen (secondary N) is 1. The molecule has 0 amide bonds. The number of aliphatic hydroxyl groups excluding tert-OH is 4. The first-order chi connectivity index (χ1) is 6.11. The van der Waals surface area contributed by atoms with Crippen LogP contribution in [0.1, 0.15) is 0 Å². The molecule has 1 saturated heterocycles. The van der Waals surface area contributed by atoms with Crippen LogP contribution >= 0.6 is 0 Å². The standard InChI is InChI=1S/C6H14N2O5/c7-8-6(2-10)5(12)4(11)3(1-9)13-6/h3-5,8-12H,1-2,7H2/t3-,4+,5+,6?/m1/s1. The van der Waals surface area contributed by atoms with Gasteiger partial charge in [0.1, 0.15) is 18.3 Å². The number of aliphatic hydroxyl groups is 4. The van der Waals surface area contributed by atoms with Crippen LogP contribution in [0.4, 0.5) is 0 Å². The lowest BCUT2D eigenvalue weighted by Crippen LogP contribution is -2.60. The van der Waals surface area contributed by atoms with E-state index in [1.165, 1.54) is 0 Å². The van der Waals surface area contributed by atoms with Gasteiger partial charge in [-0.2, -0.15) is 0 Å². The number of hydrazine groups is 1. The molecule has 7 nitrogen and oxygen atoms in total. The van der Waals surface area contributed by atoms with E-state index in [2.05, 4.69) is 5.43 Å². The summed E-state index contributed by atoms with van der Waals surface area (Å²) in [6, 6.07) is 0. The second-order valence-corrected chi connectivity index (χ2v) is 2.97. The van der Waals surface area contributed by atoms with E-state index in [1.54, 1.807) is 0 Å². The third-order valence-electron chi connectivity index (χ3n) is 2.20. The second kappa shape index (κ2) is 3.84. The van der Waals surface area contributed by atoms with Crippen molar-refractivity contribution in [3.63, 3.8) is 0 Å². The zero-order chi connectivity index (χ0) is 10.1. The fraction of sp³-hybridized carbons (Fsp3) is 1.00. The second-order valence-electron chi connectivity index (χ2n) is 2.97. The molecule has 1 rings (SSSR count). The molecule has 0 saturated carbocycles. The highest BCUT2D eigenvalue weighted by Gasteiger charge is 2.53. The Morgan fingerprint density at radius 2 is 2.00 bits per heavy atom. The first kappa shape index (κ1) is 10.8. The zero-order valence-electron chi connectivity index (χ0n) is 6.92. The molecule has 7 N–H and O–H groups in total. The molecule has 1 aliphatic rings. The molecular weight excluding hydrogens is 180 g/mol. The van der Waals surface area contributed by atoms with E-state index in [4.69, 9.17) is 20.8 Å². The Morgan fingerprint density at radius 1 is 1.38 bits per heavy atom. The summed E-state index contributed by atoms with van der Waals surface area (Å²) in [5, 5.41) is 36.4. The van der Waals surface area contributed by atoms with Crippen molar-refractivity contribution in [1.82, 2.24) is 5.43 Å². The minimum absolute atomic E-state index is 0.457. The van der Waals surface area contributed by atoms with Gasteiger partial charge in [0.2, 0.25) is 0 Å². The maximum atomic E-state index is 9.42. The Balaban J connectivity index is 2.79. The zero-order valence-corrected chi connectivity index (χ0v) is 6.92. The average Bonchev–Trinajstić information content (AvgIpc) is 2.42. The maximum Gasteiger partial charge on any atom is 0.183 e. The highest BCUT2D eigenvalue weighted by molar-refractivity contribution is 4.99. The minimum Gasteiger partial charge on any atom is -0.394 e. The molecule has 4 atom stereocenters. The maximum absolute atomic E-state index is 9.42. The molecule has 1 unspecified atom stereocenters. The van der Waals surface area contributed by atoms with Gasteiger partial charge in [0, 0.05) is 0 Å². The van der Waals surface area contributed by atoms with Gasteiger partial charge in [-0.15, -0.1) is 0 Å². The molecule has 0 spiro atoms. The summed E-state index contributed by atoms with van der Waals surface area (Å²) in [6.45, 7) is -1.06. The summed E-state index contributed by atoms with van der Waals surface area (Å²) in [4.78, 5) is 0. The Hall–Kier alpha value is -0.280. The molecule has 0 bridgehead atoms. The number of hydrogen-bond acceptors (Lipinski definition) is 7. The Morgan fingerprint density at radius 3 is 2.23 bits per heavy atom.